The molecule has 0 aromatic heterocycles. The van der Waals surface area contributed by atoms with Crippen LogP contribution in [0.2, 0.25) is 0 Å². The summed E-state index contributed by atoms with van der Waals surface area (Å²) in [5, 5.41) is 9.47. The number of carbonyl (C=O) groups is 1. The van der Waals surface area contributed by atoms with Gasteiger partial charge in [-0.05, 0) is 23.1 Å². The molecule has 0 saturated heterocycles. The maximum absolute atomic E-state index is 11.5. The SMILES string of the molecule is Cl.O=C(O)C1Cc2ccccc2CN1Cc1ccccc1. The zero-order chi connectivity index (χ0) is 13.9. The molecule has 4 heteroatoms. The molecule has 110 valence electrons. The lowest BCUT2D eigenvalue weighted by Gasteiger charge is -2.34. The van der Waals surface area contributed by atoms with Crippen LogP contribution in [0.1, 0.15) is 16.7 Å². The molecule has 1 heterocycles. The first-order chi connectivity index (χ1) is 9.74. The minimum Gasteiger partial charge on any atom is -0.480 e. The van der Waals surface area contributed by atoms with Crippen molar-refractivity contribution >= 4 is 18.4 Å². The first-order valence-corrected chi connectivity index (χ1v) is 6.81. The molecule has 0 spiro atoms. The summed E-state index contributed by atoms with van der Waals surface area (Å²) in [6.07, 6.45) is 0.582. The fraction of sp³-hybridized carbons (Fsp3) is 0.235. The highest BCUT2D eigenvalue weighted by molar-refractivity contribution is 5.85. The molecule has 1 atom stereocenters. The van der Waals surface area contributed by atoms with E-state index >= 15 is 0 Å². The number of nitrogens with zero attached hydrogens (tertiary/aromatic N) is 1. The van der Waals surface area contributed by atoms with Gasteiger partial charge in [-0.1, -0.05) is 54.6 Å². The lowest BCUT2D eigenvalue weighted by Crippen LogP contribution is -2.44. The largest absolute Gasteiger partial charge is 0.480 e. The minimum absolute atomic E-state index is 0. The fourth-order valence-electron chi connectivity index (χ4n) is 2.80. The lowest BCUT2D eigenvalue weighted by molar-refractivity contribution is -0.144. The van der Waals surface area contributed by atoms with E-state index < -0.39 is 12.0 Å². The molecule has 0 amide bonds. The normalized spacial score (nSPS) is 17.6. The molecule has 1 N–H and O–H groups in total. The Hall–Kier alpha value is -1.84. The molecule has 0 radical (unpaired) electrons. The molecule has 1 aliphatic rings. The van der Waals surface area contributed by atoms with E-state index in [1.807, 2.05) is 53.4 Å². The molecule has 1 unspecified atom stereocenters. The molecule has 0 bridgehead atoms. The summed E-state index contributed by atoms with van der Waals surface area (Å²) in [5.41, 5.74) is 3.54. The van der Waals surface area contributed by atoms with Crippen LogP contribution in [-0.2, 0) is 24.3 Å². The van der Waals surface area contributed by atoms with E-state index in [0.717, 1.165) is 11.1 Å². The van der Waals surface area contributed by atoms with Crippen molar-refractivity contribution in [3.05, 3.63) is 71.3 Å². The van der Waals surface area contributed by atoms with Crippen molar-refractivity contribution in [3.8, 4) is 0 Å². The van der Waals surface area contributed by atoms with Gasteiger partial charge in [-0.2, -0.15) is 0 Å². The van der Waals surface area contributed by atoms with Gasteiger partial charge in [0.05, 0.1) is 0 Å². The van der Waals surface area contributed by atoms with E-state index in [-0.39, 0.29) is 12.4 Å². The van der Waals surface area contributed by atoms with Crippen LogP contribution in [0.15, 0.2) is 54.6 Å². The Morgan fingerprint density at radius 2 is 1.67 bits per heavy atom. The van der Waals surface area contributed by atoms with Gasteiger partial charge >= 0.3 is 5.97 Å². The zero-order valence-electron chi connectivity index (χ0n) is 11.6. The average molecular weight is 304 g/mol. The number of hydrogen-bond donors (Lipinski definition) is 1. The van der Waals surface area contributed by atoms with Crippen LogP contribution in [-0.4, -0.2) is 22.0 Å². The highest BCUT2D eigenvalue weighted by Crippen LogP contribution is 2.25. The second-order valence-electron chi connectivity index (χ2n) is 5.22. The fourth-order valence-corrected chi connectivity index (χ4v) is 2.80. The predicted octanol–water partition coefficient (Wildman–Crippen LogP) is 3.12. The van der Waals surface area contributed by atoms with E-state index in [0.29, 0.717) is 19.5 Å². The van der Waals surface area contributed by atoms with Crippen LogP contribution in [0.3, 0.4) is 0 Å². The number of rotatable bonds is 3. The monoisotopic (exact) mass is 303 g/mol. The van der Waals surface area contributed by atoms with Crippen molar-refractivity contribution < 1.29 is 9.90 Å². The maximum atomic E-state index is 11.5. The quantitative estimate of drug-likeness (QED) is 0.947. The average Bonchev–Trinajstić information content (AvgIpc) is 2.47. The van der Waals surface area contributed by atoms with Crippen LogP contribution < -0.4 is 0 Å². The predicted molar refractivity (Wildman–Crippen MR) is 84.5 cm³/mol. The standard InChI is InChI=1S/C17H17NO2.ClH/c19-17(20)16-10-14-8-4-5-9-15(14)12-18(16)11-13-6-2-1-3-7-13;/h1-9,16H,10-12H2,(H,19,20);1H. The lowest BCUT2D eigenvalue weighted by atomic mass is 9.93. The number of benzene rings is 2. The summed E-state index contributed by atoms with van der Waals surface area (Å²) in [6.45, 7) is 1.37. The third-order valence-corrected chi connectivity index (χ3v) is 3.86. The molecule has 0 fully saturated rings. The van der Waals surface area contributed by atoms with Crippen LogP contribution in [0.25, 0.3) is 0 Å². The summed E-state index contributed by atoms with van der Waals surface area (Å²) < 4.78 is 0. The van der Waals surface area contributed by atoms with E-state index in [2.05, 4.69) is 6.07 Å². The highest BCUT2D eigenvalue weighted by Gasteiger charge is 2.30. The molecular weight excluding hydrogens is 286 g/mol. The second-order valence-corrected chi connectivity index (χ2v) is 5.22. The number of carboxylic acid groups (broad SMARTS) is 1. The smallest absolute Gasteiger partial charge is 0.321 e. The summed E-state index contributed by atoms with van der Waals surface area (Å²) in [6, 6.07) is 17.7. The van der Waals surface area contributed by atoms with Crippen molar-refractivity contribution in [2.75, 3.05) is 0 Å². The first-order valence-electron chi connectivity index (χ1n) is 6.81. The zero-order valence-corrected chi connectivity index (χ0v) is 12.4. The number of halogens is 1. The molecule has 21 heavy (non-hydrogen) atoms. The molecule has 2 aromatic rings. The number of aliphatic carboxylic acids is 1. The van der Waals surface area contributed by atoms with Gasteiger partial charge in [-0.25, -0.2) is 0 Å². The van der Waals surface area contributed by atoms with Crippen LogP contribution >= 0.6 is 12.4 Å². The van der Waals surface area contributed by atoms with Gasteiger partial charge in [0.2, 0.25) is 0 Å². The van der Waals surface area contributed by atoms with Crippen molar-refractivity contribution in [2.24, 2.45) is 0 Å². The molecule has 0 saturated carbocycles. The van der Waals surface area contributed by atoms with Crippen molar-refractivity contribution in [1.82, 2.24) is 4.90 Å². The Morgan fingerprint density at radius 1 is 1.05 bits per heavy atom. The summed E-state index contributed by atoms with van der Waals surface area (Å²) >= 11 is 0. The Kier molecular flexibility index (Phi) is 4.99. The topological polar surface area (TPSA) is 40.5 Å². The van der Waals surface area contributed by atoms with Crippen molar-refractivity contribution in [1.29, 1.82) is 0 Å². The number of fused-ring (bicyclic) bond motifs is 1. The van der Waals surface area contributed by atoms with Gasteiger partial charge in [-0.15, -0.1) is 12.4 Å². The van der Waals surface area contributed by atoms with Gasteiger partial charge in [0.25, 0.3) is 0 Å². The van der Waals surface area contributed by atoms with Gasteiger partial charge in [0.1, 0.15) is 6.04 Å². The Bertz CT molecular complexity index is 615. The molecule has 3 nitrogen and oxygen atoms in total. The number of carboxylic acids is 1. The molecule has 0 aliphatic carbocycles. The van der Waals surface area contributed by atoms with Gasteiger partial charge in [0.15, 0.2) is 0 Å². The van der Waals surface area contributed by atoms with Crippen LogP contribution in [0.4, 0.5) is 0 Å². The maximum Gasteiger partial charge on any atom is 0.321 e. The first kappa shape index (κ1) is 15.5. The molecular formula is C17H18ClNO2. The van der Waals surface area contributed by atoms with E-state index in [1.54, 1.807) is 0 Å². The summed E-state index contributed by atoms with van der Waals surface area (Å²) in [5.74, 6) is -0.740. The van der Waals surface area contributed by atoms with Crippen LogP contribution in [0.5, 0.6) is 0 Å². The highest BCUT2D eigenvalue weighted by atomic mass is 35.5. The Labute approximate surface area is 130 Å². The van der Waals surface area contributed by atoms with Gasteiger partial charge < -0.3 is 5.11 Å². The Balaban J connectivity index is 0.00000161. The third kappa shape index (κ3) is 3.43. The minimum atomic E-state index is -0.740. The molecule has 2 aromatic carbocycles. The second kappa shape index (κ2) is 6.74. The van der Waals surface area contributed by atoms with Crippen LogP contribution in [0, 0.1) is 0 Å². The van der Waals surface area contributed by atoms with E-state index in [4.69, 9.17) is 0 Å². The third-order valence-electron chi connectivity index (χ3n) is 3.86. The van der Waals surface area contributed by atoms with Crippen molar-refractivity contribution in [2.45, 2.75) is 25.6 Å². The van der Waals surface area contributed by atoms with E-state index in [1.165, 1.54) is 5.56 Å². The summed E-state index contributed by atoms with van der Waals surface area (Å²) in [7, 11) is 0. The van der Waals surface area contributed by atoms with Gasteiger partial charge in [0, 0.05) is 13.1 Å². The van der Waals surface area contributed by atoms with Gasteiger partial charge in [-0.3, -0.25) is 9.69 Å². The number of hydrogen-bond acceptors (Lipinski definition) is 2. The van der Waals surface area contributed by atoms with Crippen molar-refractivity contribution in [3.63, 3.8) is 0 Å². The Morgan fingerprint density at radius 3 is 2.33 bits per heavy atom. The summed E-state index contributed by atoms with van der Waals surface area (Å²) in [4.78, 5) is 13.6. The molecule has 3 rings (SSSR count). The van der Waals surface area contributed by atoms with E-state index in [9.17, 15) is 9.90 Å². The molecule has 1 aliphatic heterocycles.